The molecule has 0 rings (SSSR count). The molecule has 0 bridgehead atoms. The molecule has 0 radical (unpaired) electrons. The van der Waals surface area contributed by atoms with Crippen molar-refractivity contribution in [2.45, 2.75) is 13.3 Å². The standard InChI is InChI=1S/C4H6O3.Zn/c1-3(5)2-4(6)7;/h2H2,1H3,(H,6,7);. The van der Waals surface area contributed by atoms with E-state index in [2.05, 4.69) is 0 Å². The zero-order valence-corrected chi connectivity index (χ0v) is 7.65. The molecule has 0 aromatic rings. The number of carboxylic acids is 1. The summed E-state index contributed by atoms with van der Waals surface area (Å²) in [6, 6.07) is 0. The second kappa shape index (κ2) is 4.91. The van der Waals surface area contributed by atoms with Gasteiger partial charge in [-0.1, -0.05) is 0 Å². The normalized spacial score (nSPS) is 7.12. The molecule has 0 aliphatic heterocycles. The number of hydrogen-bond acceptors (Lipinski definition) is 2. The average Bonchev–Trinajstić information content (AvgIpc) is 1.27. The van der Waals surface area contributed by atoms with Crippen molar-refractivity contribution in [2.75, 3.05) is 0 Å². The summed E-state index contributed by atoms with van der Waals surface area (Å²) >= 11 is 0. The Hall–Kier alpha value is -0.237. The number of Topliss-reactive ketones (excluding diaryl/α,β-unsaturated/α-hetero) is 1. The summed E-state index contributed by atoms with van der Waals surface area (Å²) in [6.07, 6.45) is -0.361. The molecule has 8 heavy (non-hydrogen) atoms. The molecule has 0 aliphatic carbocycles. The van der Waals surface area contributed by atoms with Gasteiger partial charge in [-0.25, -0.2) is 0 Å². The zero-order chi connectivity index (χ0) is 5.86. The molecule has 0 aromatic heterocycles. The first-order valence-electron chi connectivity index (χ1n) is 1.84. The molecule has 0 aromatic carbocycles. The number of aliphatic carboxylic acids is 1. The van der Waals surface area contributed by atoms with Crippen molar-refractivity contribution < 1.29 is 34.2 Å². The van der Waals surface area contributed by atoms with Crippen molar-refractivity contribution in [1.82, 2.24) is 0 Å². The van der Waals surface area contributed by atoms with E-state index in [1.54, 1.807) is 0 Å². The van der Waals surface area contributed by atoms with Crippen LogP contribution < -0.4 is 0 Å². The SMILES string of the molecule is CC(=O)CC(=O)O.[Zn]. The van der Waals surface area contributed by atoms with E-state index in [0.29, 0.717) is 0 Å². The molecule has 0 saturated carbocycles. The van der Waals surface area contributed by atoms with Crippen LogP contribution in [0.4, 0.5) is 0 Å². The summed E-state index contributed by atoms with van der Waals surface area (Å²) in [5.74, 6) is -1.37. The van der Waals surface area contributed by atoms with Gasteiger partial charge in [0.25, 0.3) is 0 Å². The molecule has 0 spiro atoms. The van der Waals surface area contributed by atoms with E-state index in [1.807, 2.05) is 0 Å². The van der Waals surface area contributed by atoms with Gasteiger partial charge in [0.1, 0.15) is 12.2 Å². The predicted octanol–water partition coefficient (Wildman–Crippen LogP) is 0.0476. The largest absolute Gasteiger partial charge is 0.481 e. The van der Waals surface area contributed by atoms with E-state index in [0.717, 1.165) is 0 Å². The third kappa shape index (κ3) is 9.23. The fourth-order valence-electron chi connectivity index (χ4n) is 0.213. The first-order chi connectivity index (χ1) is 3.13. The van der Waals surface area contributed by atoms with Crippen molar-refractivity contribution in [3.05, 3.63) is 0 Å². The monoisotopic (exact) mass is 166 g/mol. The molecule has 0 amide bonds. The van der Waals surface area contributed by atoms with Gasteiger partial charge in [-0.05, 0) is 6.92 Å². The van der Waals surface area contributed by atoms with Crippen LogP contribution in [-0.2, 0) is 29.1 Å². The molecule has 3 nitrogen and oxygen atoms in total. The van der Waals surface area contributed by atoms with Gasteiger partial charge < -0.3 is 5.11 Å². The number of carbonyl (C=O) groups is 2. The van der Waals surface area contributed by atoms with Crippen LogP contribution in [0.25, 0.3) is 0 Å². The van der Waals surface area contributed by atoms with Gasteiger partial charge in [0, 0.05) is 19.5 Å². The molecule has 0 heterocycles. The van der Waals surface area contributed by atoms with Crippen LogP contribution in [0.5, 0.6) is 0 Å². The van der Waals surface area contributed by atoms with E-state index in [9.17, 15) is 9.59 Å². The minimum Gasteiger partial charge on any atom is -0.481 e. The summed E-state index contributed by atoms with van der Waals surface area (Å²) in [5.41, 5.74) is 0. The molecule has 1 N–H and O–H groups in total. The number of ketones is 1. The molecule has 42 valence electrons. The van der Waals surface area contributed by atoms with Crippen LogP contribution in [0.3, 0.4) is 0 Å². The first kappa shape index (κ1) is 10.7. The van der Waals surface area contributed by atoms with Crippen molar-refractivity contribution in [3.63, 3.8) is 0 Å². The second-order valence-electron chi connectivity index (χ2n) is 1.27. The fraction of sp³-hybridized carbons (Fsp3) is 0.500. The molecule has 0 atom stereocenters. The van der Waals surface area contributed by atoms with Gasteiger partial charge in [-0.3, -0.25) is 9.59 Å². The first-order valence-corrected chi connectivity index (χ1v) is 1.84. The molecule has 0 fully saturated rings. The molecular weight excluding hydrogens is 161 g/mol. The van der Waals surface area contributed by atoms with Crippen molar-refractivity contribution in [1.29, 1.82) is 0 Å². The number of carboxylic acid groups (broad SMARTS) is 1. The quantitative estimate of drug-likeness (QED) is 0.467. The van der Waals surface area contributed by atoms with E-state index in [4.69, 9.17) is 5.11 Å². The van der Waals surface area contributed by atoms with E-state index in [-0.39, 0.29) is 31.7 Å². The molecule has 0 unspecified atom stereocenters. The van der Waals surface area contributed by atoms with Gasteiger partial charge in [0.05, 0.1) is 0 Å². The Morgan fingerprint density at radius 3 is 1.88 bits per heavy atom. The summed E-state index contributed by atoms with van der Waals surface area (Å²) in [5, 5.41) is 7.86. The van der Waals surface area contributed by atoms with E-state index in [1.165, 1.54) is 6.92 Å². The fourth-order valence-corrected chi connectivity index (χ4v) is 0.213. The predicted molar refractivity (Wildman–Crippen MR) is 22.9 cm³/mol. The Bertz CT molecular complexity index is 87.5. The maximum atomic E-state index is 9.87. The van der Waals surface area contributed by atoms with Gasteiger partial charge in [0.15, 0.2) is 0 Å². The van der Waals surface area contributed by atoms with Crippen LogP contribution >= 0.6 is 0 Å². The van der Waals surface area contributed by atoms with Crippen LogP contribution in [0.2, 0.25) is 0 Å². The van der Waals surface area contributed by atoms with E-state index < -0.39 is 5.97 Å². The topological polar surface area (TPSA) is 54.4 Å². The van der Waals surface area contributed by atoms with Gasteiger partial charge in [-0.2, -0.15) is 0 Å². The smallest absolute Gasteiger partial charge is 0.310 e. The van der Waals surface area contributed by atoms with Crippen molar-refractivity contribution >= 4 is 11.8 Å². The molecular formula is C4H6O3Zn. The Morgan fingerprint density at radius 2 is 1.88 bits per heavy atom. The number of carbonyl (C=O) groups excluding carboxylic acids is 1. The number of hydrogen-bond donors (Lipinski definition) is 1. The minimum atomic E-state index is -1.06. The van der Waals surface area contributed by atoms with Crippen LogP contribution in [-0.4, -0.2) is 16.9 Å². The van der Waals surface area contributed by atoms with Gasteiger partial charge in [-0.15, -0.1) is 0 Å². The zero-order valence-electron chi connectivity index (χ0n) is 4.68. The minimum absolute atomic E-state index is 0. The van der Waals surface area contributed by atoms with Gasteiger partial charge in [0.2, 0.25) is 0 Å². The van der Waals surface area contributed by atoms with Crippen molar-refractivity contribution in [3.8, 4) is 0 Å². The molecule has 0 saturated heterocycles. The third-order valence-electron chi connectivity index (χ3n) is 0.400. The summed E-state index contributed by atoms with van der Waals surface area (Å²) < 4.78 is 0. The Labute approximate surface area is 59.8 Å². The van der Waals surface area contributed by atoms with Crippen LogP contribution in [0.1, 0.15) is 13.3 Å². The summed E-state index contributed by atoms with van der Waals surface area (Å²) in [4.78, 5) is 19.5. The molecule has 4 heteroatoms. The Morgan fingerprint density at radius 1 is 1.50 bits per heavy atom. The van der Waals surface area contributed by atoms with Gasteiger partial charge >= 0.3 is 5.97 Å². The van der Waals surface area contributed by atoms with Crippen molar-refractivity contribution in [2.24, 2.45) is 0 Å². The Balaban J connectivity index is 0. The van der Waals surface area contributed by atoms with E-state index >= 15 is 0 Å². The maximum Gasteiger partial charge on any atom is 0.310 e. The Kier molecular flexibility index (Phi) is 6.56. The summed E-state index contributed by atoms with van der Waals surface area (Å²) in [7, 11) is 0. The third-order valence-corrected chi connectivity index (χ3v) is 0.400. The number of rotatable bonds is 2. The average molecular weight is 167 g/mol. The van der Waals surface area contributed by atoms with Crippen LogP contribution in [0.15, 0.2) is 0 Å². The second-order valence-corrected chi connectivity index (χ2v) is 1.27. The van der Waals surface area contributed by atoms with Crippen LogP contribution in [0, 0.1) is 0 Å². The summed E-state index contributed by atoms with van der Waals surface area (Å²) in [6.45, 7) is 1.24. The molecule has 0 aliphatic rings. The maximum absolute atomic E-state index is 9.87.